The predicted molar refractivity (Wildman–Crippen MR) is 108 cm³/mol. The topological polar surface area (TPSA) is 89.4 Å². The molecule has 1 amide bonds. The van der Waals surface area contributed by atoms with Gasteiger partial charge in [-0.1, -0.05) is 0 Å². The van der Waals surface area contributed by atoms with Gasteiger partial charge in [-0.3, -0.25) is 4.79 Å². The molecule has 1 aliphatic rings. The van der Waals surface area contributed by atoms with E-state index >= 15 is 0 Å². The molecule has 1 fully saturated rings. The largest absolute Gasteiger partial charge is 0.383 e. The van der Waals surface area contributed by atoms with Gasteiger partial charge in [-0.05, 0) is 63.9 Å². The van der Waals surface area contributed by atoms with Crippen LogP contribution < -0.4 is 10.0 Å². The Bertz CT molecular complexity index is 960. The molecule has 0 radical (unpaired) electrons. The Morgan fingerprint density at radius 2 is 1.89 bits per heavy atom. The van der Waals surface area contributed by atoms with Crippen LogP contribution in [-0.2, 0) is 14.8 Å². The first-order chi connectivity index (χ1) is 13.2. The molecule has 2 N–H and O–H groups in total. The average molecular weight is 406 g/mol. The van der Waals surface area contributed by atoms with Crippen molar-refractivity contribution in [2.75, 3.05) is 19.0 Å². The molecule has 3 rings (SSSR count). The molecule has 1 aliphatic carbocycles. The molecule has 1 saturated carbocycles. The zero-order valence-corrected chi connectivity index (χ0v) is 17.5. The van der Waals surface area contributed by atoms with Gasteiger partial charge in [0.2, 0.25) is 10.0 Å². The van der Waals surface area contributed by atoms with E-state index in [-0.39, 0.29) is 23.5 Å². The number of aromatic nitrogens is 1. The van der Waals surface area contributed by atoms with Crippen LogP contribution in [0.5, 0.6) is 0 Å². The van der Waals surface area contributed by atoms with E-state index in [0.29, 0.717) is 17.3 Å². The third-order valence-electron chi connectivity index (χ3n) is 4.84. The van der Waals surface area contributed by atoms with Crippen molar-refractivity contribution in [1.82, 2.24) is 9.29 Å². The highest BCUT2D eigenvalue weighted by Crippen LogP contribution is 2.38. The summed E-state index contributed by atoms with van der Waals surface area (Å²) in [6.07, 6.45) is 2.31. The van der Waals surface area contributed by atoms with Gasteiger partial charge in [0.15, 0.2) is 0 Å². The van der Waals surface area contributed by atoms with E-state index in [1.807, 2.05) is 19.9 Å². The molecular formula is C20H27N3O4S. The number of amides is 1. The van der Waals surface area contributed by atoms with Crippen LogP contribution in [0.1, 0.15) is 47.6 Å². The molecule has 0 aliphatic heterocycles. The zero-order chi connectivity index (χ0) is 20.5. The number of hydrogen-bond donors (Lipinski definition) is 2. The molecular weight excluding hydrogens is 378 g/mol. The molecule has 1 aromatic heterocycles. The van der Waals surface area contributed by atoms with Crippen molar-refractivity contribution in [1.29, 1.82) is 0 Å². The SMILES string of the molecule is COC[C@H](C)NS(=O)(=O)c1ccc(NC(=O)c2cc(C)n(C3CC3)c2C)cc1. The molecule has 0 spiro atoms. The molecule has 1 atom stereocenters. The van der Waals surface area contributed by atoms with Crippen LogP contribution in [-0.4, -0.2) is 38.7 Å². The number of sulfonamides is 1. The van der Waals surface area contributed by atoms with Crippen molar-refractivity contribution in [2.24, 2.45) is 0 Å². The van der Waals surface area contributed by atoms with Crippen molar-refractivity contribution < 1.29 is 17.9 Å². The van der Waals surface area contributed by atoms with Crippen molar-refractivity contribution in [3.63, 3.8) is 0 Å². The number of carbonyl (C=O) groups excluding carboxylic acids is 1. The van der Waals surface area contributed by atoms with Crippen LogP contribution >= 0.6 is 0 Å². The Hall–Kier alpha value is -2.16. The van der Waals surface area contributed by atoms with Gasteiger partial charge in [-0.25, -0.2) is 13.1 Å². The first-order valence-corrected chi connectivity index (χ1v) is 10.8. The van der Waals surface area contributed by atoms with E-state index in [1.165, 1.54) is 19.2 Å². The molecule has 1 aromatic carbocycles. The highest BCUT2D eigenvalue weighted by Gasteiger charge is 2.28. The summed E-state index contributed by atoms with van der Waals surface area (Å²) < 4.78 is 34.5. The number of aryl methyl sites for hydroxylation is 1. The second-order valence-corrected chi connectivity index (χ2v) is 9.06. The van der Waals surface area contributed by atoms with E-state index in [1.54, 1.807) is 19.1 Å². The summed E-state index contributed by atoms with van der Waals surface area (Å²) in [6.45, 7) is 5.99. The first kappa shape index (κ1) is 20.6. The van der Waals surface area contributed by atoms with Gasteiger partial charge in [0.05, 0.1) is 17.1 Å². The van der Waals surface area contributed by atoms with Crippen LogP contribution in [0.15, 0.2) is 35.2 Å². The monoisotopic (exact) mass is 405 g/mol. The van der Waals surface area contributed by atoms with Crippen LogP contribution in [0.4, 0.5) is 5.69 Å². The number of hydrogen-bond acceptors (Lipinski definition) is 4. The minimum Gasteiger partial charge on any atom is -0.383 e. The van der Waals surface area contributed by atoms with Crippen LogP contribution in [0.2, 0.25) is 0 Å². The van der Waals surface area contributed by atoms with Crippen molar-refractivity contribution in [3.05, 3.63) is 47.3 Å². The van der Waals surface area contributed by atoms with Crippen molar-refractivity contribution in [3.8, 4) is 0 Å². The number of nitrogens with one attached hydrogen (secondary N) is 2. The Morgan fingerprint density at radius 3 is 2.46 bits per heavy atom. The van der Waals surface area contributed by atoms with Gasteiger partial charge in [0.1, 0.15) is 0 Å². The minimum absolute atomic E-state index is 0.139. The van der Waals surface area contributed by atoms with Gasteiger partial charge in [0, 0.05) is 36.3 Å². The number of benzene rings is 1. The number of carbonyl (C=O) groups is 1. The smallest absolute Gasteiger partial charge is 0.257 e. The normalized spacial score (nSPS) is 15.4. The summed E-state index contributed by atoms with van der Waals surface area (Å²) in [5, 5.41) is 2.85. The minimum atomic E-state index is -3.64. The number of rotatable bonds is 8. The standard InChI is InChI=1S/C20H27N3O4S/c1-13(12-27-4)22-28(25,26)18-9-5-16(6-10-18)21-20(24)19-11-14(2)23(15(19)3)17-7-8-17/h5-6,9-11,13,17,22H,7-8,12H2,1-4H3,(H,21,24)/t13-/m0/s1. The third-order valence-corrected chi connectivity index (χ3v) is 6.44. The zero-order valence-electron chi connectivity index (χ0n) is 16.7. The van der Waals surface area contributed by atoms with Crippen LogP contribution in [0.3, 0.4) is 0 Å². The predicted octanol–water partition coefficient (Wildman–Crippen LogP) is 3.01. The second-order valence-electron chi connectivity index (χ2n) is 7.34. The first-order valence-electron chi connectivity index (χ1n) is 9.34. The highest BCUT2D eigenvalue weighted by atomic mass is 32.2. The summed E-state index contributed by atoms with van der Waals surface area (Å²) in [5.41, 5.74) is 3.25. The number of anilines is 1. The lowest BCUT2D eigenvalue weighted by Gasteiger charge is -2.13. The maximum Gasteiger partial charge on any atom is 0.257 e. The summed E-state index contributed by atoms with van der Waals surface area (Å²) in [5.74, 6) is -0.192. The molecule has 8 heteroatoms. The summed E-state index contributed by atoms with van der Waals surface area (Å²) in [7, 11) is -2.12. The lowest BCUT2D eigenvalue weighted by molar-refractivity contribution is 0.102. The van der Waals surface area contributed by atoms with E-state index < -0.39 is 10.0 Å². The Balaban J connectivity index is 1.71. The van der Waals surface area contributed by atoms with Gasteiger partial charge >= 0.3 is 0 Å². The fourth-order valence-electron chi connectivity index (χ4n) is 3.43. The van der Waals surface area contributed by atoms with Crippen LogP contribution in [0, 0.1) is 13.8 Å². The molecule has 0 saturated heterocycles. The molecule has 0 bridgehead atoms. The fourth-order valence-corrected chi connectivity index (χ4v) is 4.66. The molecule has 7 nitrogen and oxygen atoms in total. The van der Waals surface area contributed by atoms with E-state index in [4.69, 9.17) is 4.74 Å². The Morgan fingerprint density at radius 1 is 1.25 bits per heavy atom. The van der Waals surface area contributed by atoms with Gasteiger partial charge in [0.25, 0.3) is 5.91 Å². The number of nitrogens with zero attached hydrogens (tertiary/aromatic N) is 1. The quantitative estimate of drug-likeness (QED) is 0.706. The van der Waals surface area contributed by atoms with Crippen molar-refractivity contribution in [2.45, 2.75) is 50.6 Å². The maximum atomic E-state index is 12.7. The van der Waals surface area contributed by atoms with Crippen molar-refractivity contribution >= 4 is 21.6 Å². The molecule has 152 valence electrons. The average Bonchev–Trinajstić information content (AvgIpc) is 3.40. The summed E-state index contributed by atoms with van der Waals surface area (Å²) in [6, 6.07) is 8.22. The lowest BCUT2D eigenvalue weighted by Crippen LogP contribution is -2.35. The Kier molecular flexibility index (Phi) is 5.92. The van der Waals surface area contributed by atoms with Gasteiger partial charge in [-0.2, -0.15) is 0 Å². The number of methoxy groups -OCH3 is 1. The third kappa shape index (κ3) is 4.45. The van der Waals surface area contributed by atoms with E-state index in [2.05, 4.69) is 14.6 Å². The molecule has 2 aromatic rings. The summed E-state index contributed by atoms with van der Waals surface area (Å²) >= 11 is 0. The number of ether oxygens (including phenoxy) is 1. The fraction of sp³-hybridized carbons (Fsp3) is 0.450. The molecule has 1 heterocycles. The van der Waals surface area contributed by atoms with Gasteiger partial charge in [-0.15, -0.1) is 0 Å². The Labute approximate surface area is 166 Å². The molecule has 28 heavy (non-hydrogen) atoms. The van der Waals surface area contributed by atoms with E-state index in [0.717, 1.165) is 24.2 Å². The van der Waals surface area contributed by atoms with E-state index in [9.17, 15) is 13.2 Å². The van der Waals surface area contributed by atoms with Crippen LogP contribution in [0.25, 0.3) is 0 Å². The highest BCUT2D eigenvalue weighted by molar-refractivity contribution is 7.89. The maximum absolute atomic E-state index is 12.7. The summed E-state index contributed by atoms with van der Waals surface area (Å²) in [4.78, 5) is 12.8. The second kappa shape index (κ2) is 8.06. The molecule has 0 unspecified atom stereocenters. The van der Waals surface area contributed by atoms with Gasteiger partial charge < -0.3 is 14.6 Å². The lowest BCUT2D eigenvalue weighted by atomic mass is 10.2.